The third-order valence-electron chi connectivity index (χ3n) is 3.24. The Bertz CT molecular complexity index is 639. The van der Waals surface area contributed by atoms with Gasteiger partial charge in [0.15, 0.2) is 0 Å². The molecule has 0 atom stereocenters. The van der Waals surface area contributed by atoms with Gasteiger partial charge in [-0.25, -0.2) is 9.97 Å². The van der Waals surface area contributed by atoms with Gasteiger partial charge >= 0.3 is 0 Å². The van der Waals surface area contributed by atoms with Gasteiger partial charge in [-0.3, -0.25) is 4.79 Å². The first kappa shape index (κ1) is 17.2. The Morgan fingerprint density at radius 2 is 1.91 bits per heavy atom. The van der Waals surface area contributed by atoms with E-state index in [1.54, 1.807) is 18.3 Å². The van der Waals surface area contributed by atoms with Crippen LogP contribution in [-0.4, -0.2) is 33.9 Å². The van der Waals surface area contributed by atoms with Crippen molar-refractivity contribution in [1.29, 1.82) is 0 Å². The van der Waals surface area contributed by atoms with E-state index < -0.39 is 0 Å². The van der Waals surface area contributed by atoms with Gasteiger partial charge < -0.3 is 10.2 Å². The highest BCUT2D eigenvalue weighted by Crippen LogP contribution is 2.18. The molecule has 0 aliphatic rings. The number of nitrogens with zero attached hydrogens (tertiary/aromatic N) is 3. The van der Waals surface area contributed by atoms with E-state index in [1.807, 2.05) is 17.0 Å². The minimum Gasteiger partial charge on any atom is -0.339 e. The lowest BCUT2D eigenvalue weighted by Gasteiger charge is -2.20. The minimum absolute atomic E-state index is 0.0736. The smallest absolute Gasteiger partial charge is 0.274 e. The quantitative estimate of drug-likeness (QED) is 0.828. The highest BCUT2D eigenvalue weighted by atomic mass is 35.5. The van der Waals surface area contributed by atoms with Crippen molar-refractivity contribution < 1.29 is 4.79 Å². The maximum atomic E-state index is 12.4. The summed E-state index contributed by atoms with van der Waals surface area (Å²) < 4.78 is 0. The number of benzene rings is 1. The van der Waals surface area contributed by atoms with Crippen molar-refractivity contribution >= 4 is 29.0 Å². The Labute approximate surface area is 141 Å². The van der Waals surface area contributed by atoms with Crippen LogP contribution in [0.5, 0.6) is 0 Å². The second-order valence-electron chi connectivity index (χ2n) is 5.21. The summed E-state index contributed by atoms with van der Waals surface area (Å²) in [6, 6.07) is 7.34. The van der Waals surface area contributed by atoms with Crippen LogP contribution in [0, 0.1) is 0 Å². The van der Waals surface area contributed by atoms with E-state index >= 15 is 0 Å². The molecular weight excluding hydrogens is 312 g/mol. The van der Waals surface area contributed by atoms with Gasteiger partial charge in [-0.2, -0.15) is 0 Å². The van der Waals surface area contributed by atoms with Crippen molar-refractivity contribution in [2.75, 3.05) is 18.4 Å². The normalized spacial score (nSPS) is 10.4. The molecule has 1 heterocycles. The van der Waals surface area contributed by atoms with Gasteiger partial charge in [0.1, 0.15) is 11.5 Å². The van der Waals surface area contributed by atoms with E-state index in [2.05, 4.69) is 29.1 Å². The van der Waals surface area contributed by atoms with Crippen LogP contribution in [0.3, 0.4) is 0 Å². The van der Waals surface area contributed by atoms with E-state index in [1.165, 1.54) is 6.20 Å². The van der Waals surface area contributed by atoms with E-state index in [-0.39, 0.29) is 5.91 Å². The van der Waals surface area contributed by atoms with E-state index in [4.69, 9.17) is 11.6 Å². The van der Waals surface area contributed by atoms with Crippen molar-refractivity contribution in [2.45, 2.75) is 26.7 Å². The van der Waals surface area contributed by atoms with Gasteiger partial charge in [0.2, 0.25) is 0 Å². The zero-order valence-electron chi connectivity index (χ0n) is 13.4. The number of carbonyl (C=O) groups is 1. The predicted octanol–water partition coefficient (Wildman–Crippen LogP) is 4.14. The van der Waals surface area contributed by atoms with Crippen molar-refractivity contribution in [3.8, 4) is 0 Å². The van der Waals surface area contributed by atoms with Crippen LogP contribution in [0.4, 0.5) is 11.5 Å². The number of halogens is 1. The SMILES string of the molecule is CCCN(CCC)C(=O)c1cnc(Nc2cccc(Cl)c2)cn1. The Kier molecular flexibility index (Phi) is 6.35. The second kappa shape index (κ2) is 8.48. The van der Waals surface area contributed by atoms with Crippen LogP contribution in [0.25, 0.3) is 0 Å². The molecule has 0 radical (unpaired) electrons. The number of carbonyl (C=O) groups excluding carboxylic acids is 1. The Morgan fingerprint density at radius 3 is 2.48 bits per heavy atom. The van der Waals surface area contributed by atoms with Crippen LogP contribution in [0.2, 0.25) is 5.02 Å². The summed E-state index contributed by atoms with van der Waals surface area (Å²) in [5.74, 6) is 0.497. The van der Waals surface area contributed by atoms with Crippen LogP contribution in [0.15, 0.2) is 36.7 Å². The molecule has 0 spiro atoms. The van der Waals surface area contributed by atoms with E-state index in [0.717, 1.165) is 31.6 Å². The van der Waals surface area contributed by atoms with Crippen molar-refractivity contribution in [1.82, 2.24) is 14.9 Å². The molecule has 0 fully saturated rings. The average Bonchev–Trinajstić information content (AvgIpc) is 2.55. The highest BCUT2D eigenvalue weighted by molar-refractivity contribution is 6.30. The lowest BCUT2D eigenvalue weighted by Crippen LogP contribution is -2.33. The first-order valence-electron chi connectivity index (χ1n) is 7.78. The molecule has 122 valence electrons. The molecule has 0 bridgehead atoms. The summed E-state index contributed by atoms with van der Waals surface area (Å²) in [6.45, 7) is 5.58. The van der Waals surface area contributed by atoms with Crippen molar-refractivity contribution in [2.24, 2.45) is 0 Å². The molecule has 1 amide bonds. The van der Waals surface area contributed by atoms with Gasteiger partial charge in [0, 0.05) is 23.8 Å². The predicted molar refractivity (Wildman–Crippen MR) is 93.3 cm³/mol. The molecule has 2 aromatic rings. The fourth-order valence-corrected chi connectivity index (χ4v) is 2.42. The number of amides is 1. The fourth-order valence-electron chi connectivity index (χ4n) is 2.23. The lowest BCUT2D eigenvalue weighted by atomic mass is 10.3. The lowest BCUT2D eigenvalue weighted by molar-refractivity contribution is 0.0749. The Morgan fingerprint density at radius 1 is 1.17 bits per heavy atom. The third kappa shape index (κ3) is 4.93. The molecule has 1 aromatic heterocycles. The zero-order chi connectivity index (χ0) is 16.7. The third-order valence-corrected chi connectivity index (χ3v) is 3.48. The fraction of sp³-hybridized carbons (Fsp3) is 0.353. The number of hydrogen-bond donors (Lipinski definition) is 1. The number of anilines is 2. The zero-order valence-corrected chi connectivity index (χ0v) is 14.2. The van der Waals surface area contributed by atoms with Crippen LogP contribution in [-0.2, 0) is 0 Å². The van der Waals surface area contributed by atoms with Crippen LogP contribution < -0.4 is 5.32 Å². The Balaban J connectivity index is 2.07. The molecule has 23 heavy (non-hydrogen) atoms. The molecule has 0 saturated carbocycles. The summed E-state index contributed by atoms with van der Waals surface area (Å²) >= 11 is 5.95. The standard InChI is InChI=1S/C17H21ClN4O/c1-3-8-22(9-4-2)17(23)15-11-20-16(12-19-15)21-14-7-5-6-13(18)10-14/h5-7,10-12H,3-4,8-9H2,1-2H3,(H,20,21). The number of aromatic nitrogens is 2. The number of rotatable bonds is 7. The maximum absolute atomic E-state index is 12.4. The number of hydrogen-bond acceptors (Lipinski definition) is 4. The van der Waals surface area contributed by atoms with Gasteiger partial charge in [-0.05, 0) is 31.0 Å². The highest BCUT2D eigenvalue weighted by Gasteiger charge is 2.15. The van der Waals surface area contributed by atoms with Gasteiger partial charge in [-0.15, -0.1) is 0 Å². The van der Waals surface area contributed by atoms with Gasteiger partial charge in [0.05, 0.1) is 12.4 Å². The summed E-state index contributed by atoms with van der Waals surface area (Å²) in [6.07, 6.45) is 4.92. The largest absolute Gasteiger partial charge is 0.339 e. The second-order valence-corrected chi connectivity index (χ2v) is 5.65. The molecular formula is C17H21ClN4O. The molecule has 0 unspecified atom stereocenters. The van der Waals surface area contributed by atoms with Crippen molar-refractivity contribution in [3.63, 3.8) is 0 Å². The summed E-state index contributed by atoms with van der Waals surface area (Å²) in [7, 11) is 0. The molecule has 5 nitrogen and oxygen atoms in total. The number of nitrogens with one attached hydrogen (secondary N) is 1. The summed E-state index contributed by atoms with van der Waals surface area (Å²) in [4.78, 5) is 22.7. The van der Waals surface area contributed by atoms with E-state index in [0.29, 0.717) is 16.5 Å². The van der Waals surface area contributed by atoms with Gasteiger partial charge in [-0.1, -0.05) is 31.5 Å². The molecule has 0 aliphatic carbocycles. The van der Waals surface area contributed by atoms with Crippen molar-refractivity contribution in [3.05, 3.63) is 47.4 Å². The molecule has 6 heteroatoms. The van der Waals surface area contributed by atoms with E-state index in [9.17, 15) is 4.79 Å². The molecule has 2 rings (SSSR count). The molecule has 0 saturated heterocycles. The van der Waals surface area contributed by atoms with Gasteiger partial charge in [0.25, 0.3) is 5.91 Å². The summed E-state index contributed by atoms with van der Waals surface area (Å²) in [5, 5.41) is 3.75. The molecule has 1 aromatic carbocycles. The first-order valence-corrected chi connectivity index (χ1v) is 8.15. The summed E-state index contributed by atoms with van der Waals surface area (Å²) in [5.41, 5.74) is 1.19. The average molecular weight is 333 g/mol. The molecule has 1 N–H and O–H groups in total. The molecule has 0 aliphatic heterocycles. The maximum Gasteiger partial charge on any atom is 0.274 e. The minimum atomic E-state index is -0.0736. The topological polar surface area (TPSA) is 58.1 Å². The monoisotopic (exact) mass is 332 g/mol. The Hall–Kier alpha value is -2.14. The van der Waals surface area contributed by atoms with Crippen LogP contribution in [0.1, 0.15) is 37.2 Å². The van der Waals surface area contributed by atoms with Crippen LogP contribution >= 0.6 is 11.6 Å². The first-order chi connectivity index (χ1) is 11.1.